The second-order valence-corrected chi connectivity index (χ2v) is 21.4. The molecule has 25 heteroatoms. The Bertz CT molecular complexity index is 2810. The number of hydrazine groups is 1. The Labute approximate surface area is 452 Å². The Morgan fingerprint density at radius 2 is 1.51 bits per heavy atom. The summed E-state index contributed by atoms with van der Waals surface area (Å²) in [5.41, 5.74) is -0.908. The minimum Gasteiger partial charge on any atom is -0.453 e. The highest BCUT2D eigenvalue weighted by Crippen LogP contribution is 2.41. The highest BCUT2D eigenvalue weighted by atomic mass is 19.4. The first kappa shape index (κ1) is 59.6. The molecule has 4 aromatic rings. The Morgan fingerprint density at radius 3 is 2.05 bits per heavy atom. The zero-order valence-corrected chi connectivity index (χ0v) is 44.7. The van der Waals surface area contributed by atoms with Crippen LogP contribution < -0.4 is 26.3 Å². The maximum Gasteiger partial charge on any atom is 0.407 e. The fourth-order valence-corrected chi connectivity index (χ4v) is 9.71. The number of aliphatic hydroxyl groups is 1. The molecular formula is C54H65F7N10O8. The molecule has 2 bridgehead atoms. The average molecular weight is 1120 g/mol. The summed E-state index contributed by atoms with van der Waals surface area (Å²) in [6.45, 7) is 6.83. The van der Waals surface area contributed by atoms with Crippen molar-refractivity contribution in [3.8, 4) is 23.1 Å². The van der Waals surface area contributed by atoms with Gasteiger partial charge >= 0.3 is 18.4 Å². The van der Waals surface area contributed by atoms with E-state index in [1.165, 1.54) is 19.3 Å². The van der Waals surface area contributed by atoms with Gasteiger partial charge in [-0.1, -0.05) is 44.7 Å². The third-order valence-corrected chi connectivity index (χ3v) is 14.2. The van der Waals surface area contributed by atoms with Gasteiger partial charge in [-0.05, 0) is 81.1 Å². The smallest absolute Gasteiger partial charge is 0.407 e. The Hall–Kier alpha value is -7.01. The van der Waals surface area contributed by atoms with Gasteiger partial charge in [0.15, 0.2) is 6.10 Å². The minimum absolute atomic E-state index is 0.0497. The van der Waals surface area contributed by atoms with E-state index in [-0.39, 0.29) is 17.7 Å². The van der Waals surface area contributed by atoms with Gasteiger partial charge in [0.25, 0.3) is 12.3 Å². The number of piperazine rings is 1. The predicted octanol–water partition coefficient (Wildman–Crippen LogP) is 5.95. The van der Waals surface area contributed by atoms with Gasteiger partial charge in [0, 0.05) is 85.4 Å². The van der Waals surface area contributed by atoms with E-state index in [2.05, 4.69) is 47.5 Å². The lowest BCUT2D eigenvalue weighted by Crippen LogP contribution is -2.62. The molecule has 2 aromatic carbocycles. The number of fused-ring (bicyclic) bond motifs is 2. The van der Waals surface area contributed by atoms with Crippen LogP contribution in [0.15, 0.2) is 67.0 Å². The number of aromatic nitrogens is 3. The Balaban J connectivity index is 1.16. The van der Waals surface area contributed by atoms with Crippen molar-refractivity contribution < 1.29 is 69.2 Å². The van der Waals surface area contributed by atoms with E-state index in [1.807, 2.05) is 17.4 Å². The van der Waals surface area contributed by atoms with Crippen LogP contribution in [0.2, 0.25) is 0 Å². The lowest BCUT2D eigenvalue weighted by Gasteiger charge is -2.47. The van der Waals surface area contributed by atoms with Crippen LogP contribution in [0, 0.1) is 34.3 Å². The summed E-state index contributed by atoms with van der Waals surface area (Å²) in [6.07, 6.45) is -8.91. The summed E-state index contributed by atoms with van der Waals surface area (Å²) >= 11 is 0. The summed E-state index contributed by atoms with van der Waals surface area (Å²) in [7, 11) is 2.12. The van der Waals surface area contributed by atoms with Gasteiger partial charge in [0.1, 0.15) is 30.0 Å². The number of aliphatic hydroxyl groups excluding tert-OH is 1. The van der Waals surface area contributed by atoms with Crippen LogP contribution in [0.1, 0.15) is 69.7 Å². The molecule has 18 nitrogen and oxygen atoms in total. The number of rotatable bonds is 19. The summed E-state index contributed by atoms with van der Waals surface area (Å²) < 4.78 is 118. The molecule has 79 heavy (non-hydrogen) atoms. The van der Waals surface area contributed by atoms with Crippen LogP contribution in [0.5, 0.6) is 0 Å². The lowest BCUT2D eigenvalue weighted by molar-refractivity contribution is -0.220. The van der Waals surface area contributed by atoms with Gasteiger partial charge in [-0.2, -0.15) is 18.3 Å². The van der Waals surface area contributed by atoms with E-state index in [0.717, 1.165) is 73.9 Å². The van der Waals surface area contributed by atoms with Gasteiger partial charge in [-0.3, -0.25) is 24.6 Å². The summed E-state index contributed by atoms with van der Waals surface area (Å²) in [4.78, 5) is 62.7. The number of pyridine rings is 1. The van der Waals surface area contributed by atoms with E-state index < -0.39 is 109 Å². The number of methoxy groups -OCH3 is 1. The SMILES string of the molecule is CNC(=O)O[C@H](C(=O)NN(Cc1c(F)cc(-c2ccn(CC(F)F)n2)cc1F)C[C@H](O)[C@H](Cc1ccc(C#Cc2ccc(N3C[C@@H]4CC[C@@H](C3)N4C3COC3)nc2)cc1)NC(=O)[C@@H](NC(=O)OC)C(C)(C)C(F)(F)F)C(C)(C)C. The fourth-order valence-electron chi connectivity index (χ4n) is 9.71. The summed E-state index contributed by atoms with van der Waals surface area (Å²) in [5, 5.41) is 23.6. The molecular weight excluding hydrogens is 1050 g/mol. The molecule has 4 amide bonds. The molecule has 0 unspecified atom stereocenters. The van der Waals surface area contributed by atoms with Crippen molar-refractivity contribution in [1.29, 1.82) is 0 Å². The second kappa shape index (κ2) is 25.0. The van der Waals surface area contributed by atoms with E-state index in [0.29, 0.717) is 48.7 Å². The molecule has 5 heterocycles. The standard InChI is InChI=1S/C54H65F7N10O8/c1-52(2,3)47(79-50(75)62-6)49(74)67-70(26-38-39(55)21-34(22-40(38)56)41-18-19-69(66-41)28-44(57)58)27-43(72)42(64-48(73)46(65-51(76)77-7)53(4,5)54(59,60)61)20-32-11-8-31(9-12-32)10-13-33-14-17-45(63-23-33)68-24-35-15-16-36(25-68)71(35)37-29-78-30-37/h8-9,11-12,14,17-19,21-23,35-37,42-44,46-47,72H,15-16,20,24-30H2,1-7H3,(H,62,75)(H,64,73)(H,65,76)(H,67,74)/t35-,36-,42-,43-,46+,47+/m0/s1. The molecule has 6 atom stereocenters. The van der Waals surface area contributed by atoms with E-state index in [4.69, 9.17) is 14.5 Å². The van der Waals surface area contributed by atoms with Crippen molar-refractivity contribution in [2.75, 3.05) is 51.9 Å². The molecule has 0 saturated carbocycles. The van der Waals surface area contributed by atoms with Crippen molar-refractivity contribution >= 4 is 29.8 Å². The second-order valence-electron chi connectivity index (χ2n) is 21.4. The zero-order valence-electron chi connectivity index (χ0n) is 44.7. The van der Waals surface area contributed by atoms with E-state index in [9.17, 15) is 46.2 Å². The maximum atomic E-state index is 16.1. The lowest BCUT2D eigenvalue weighted by atomic mass is 9.82. The van der Waals surface area contributed by atoms with Crippen LogP contribution in [0.25, 0.3) is 11.3 Å². The Morgan fingerprint density at radius 1 is 0.873 bits per heavy atom. The molecule has 3 aliphatic rings. The molecule has 3 fully saturated rings. The number of hydrogen-bond donors (Lipinski definition) is 5. The molecule has 0 aliphatic carbocycles. The van der Waals surface area contributed by atoms with Gasteiger partial charge in [0.2, 0.25) is 5.91 Å². The van der Waals surface area contributed by atoms with Crippen LogP contribution in [0.4, 0.5) is 46.1 Å². The maximum absolute atomic E-state index is 16.1. The van der Waals surface area contributed by atoms with Crippen molar-refractivity contribution in [2.45, 2.75) is 122 Å². The largest absolute Gasteiger partial charge is 0.453 e. The highest BCUT2D eigenvalue weighted by molar-refractivity contribution is 5.87. The number of alkyl carbamates (subject to hydrolysis) is 2. The van der Waals surface area contributed by atoms with Crippen LogP contribution in [-0.2, 0) is 43.3 Å². The summed E-state index contributed by atoms with van der Waals surface area (Å²) in [6, 6.07) is 10.7. The minimum atomic E-state index is -5.09. The van der Waals surface area contributed by atoms with Crippen LogP contribution in [-0.4, -0.2) is 156 Å². The fraction of sp³-hybridized carbons (Fsp3) is 0.519. The number of amides is 4. The number of hydrogen-bond acceptors (Lipinski definition) is 13. The van der Waals surface area contributed by atoms with Crippen molar-refractivity contribution in [2.24, 2.45) is 10.8 Å². The molecule has 3 aliphatic heterocycles. The van der Waals surface area contributed by atoms with E-state index in [1.54, 1.807) is 51.2 Å². The van der Waals surface area contributed by atoms with Crippen molar-refractivity contribution in [1.82, 2.24) is 46.0 Å². The first-order chi connectivity index (χ1) is 37.2. The number of carbonyl (C=O) groups excluding carboxylic acids is 4. The summed E-state index contributed by atoms with van der Waals surface area (Å²) in [5.74, 6) is 2.17. The topological polar surface area (TPSA) is 205 Å². The number of alkyl halides is 5. The van der Waals surface area contributed by atoms with Crippen LogP contribution >= 0.6 is 0 Å². The number of nitrogens with one attached hydrogen (secondary N) is 4. The monoisotopic (exact) mass is 1110 g/mol. The Kier molecular flexibility index (Phi) is 18.9. The van der Waals surface area contributed by atoms with Crippen molar-refractivity contribution in [3.63, 3.8) is 0 Å². The first-order valence-corrected chi connectivity index (χ1v) is 25.5. The van der Waals surface area contributed by atoms with Gasteiger partial charge in [0.05, 0.1) is 49.6 Å². The molecule has 3 saturated heterocycles. The third kappa shape index (κ3) is 14.8. The predicted molar refractivity (Wildman–Crippen MR) is 274 cm³/mol. The van der Waals surface area contributed by atoms with Gasteiger partial charge in [-0.15, -0.1) is 0 Å². The van der Waals surface area contributed by atoms with Crippen LogP contribution in [0.3, 0.4) is 0 Å². The molecule has 0 radical (unpaired) electrons. The molecule has 0 spiro atoms. The molecule has 7 rings (SSSR count). The van der Waals surface area contributed by atoms with Gasteiger partial charge in [-0.25, -0.2) is 37.1 Å². The van der Waals surface area contributed by atoms with E-state index >= 15 is 8.78 Å². The average Bonchev–Trinajstić information content (AvgIpc) is 4.10. The number of nitrogens with zero attached hydrogens (tertiary/aromatic N) is 6. The van der Waals surface area contributed by atoms with Crippen molar-refractivity contribution in [3.05, 3.63) is 101 Å². The zero-order chi connectivity index (χ0) is 57.6. The highest BCUT2D eigenvalue weighted by Gasteiger charge is 2.56. The molecule has 428 valence electrons. The number of anilines is 1. The third-order valence-electron chi connectivity index (χ3n) is 14.2. The number of benzene rings is 2. The quantitative estimate of drug-likeness (QED) is 0.0420. The normalized spacial score (nSPS) is 18.4. The number of carbonyl (C=O) groups is 4. The molecule has 2 aromatic heterocycles. The van der Waals surface area contributed by atoms with Gasteiger partial charge < -0.3 is 40.2 Å². The molecule has 5 N–H and O–H groups in total. The number of halogens is 7. The first-order valence-electron chi connectivity index (χ1n) is 25.5. The number of ether oxygens (including phenoxy) is 3.